The highest BCUT2D eigenvalue weighted by molar-refractivity contribution is 7.12. The Morgan fingerprint density at radius 2 is 1.86 bits per heavy atom. The van der Waals surface area contributed by atoms with Gasteiger partial charge < -0.3 is 5.11 Å². The predicted octanol–water partition coefficient (Wildman–Crippen LogP) is 1.34. The molecule has 2 aliphatic carbocycles. The molecule has 2 aliphatic rings. The molecule has 1 saturated carbocycles. The quantitative estimate of drug-likeness (QED) is 0.578. The van der Waals surface area contributed by atoms with Crippen LogP contribution in [-0.2, 0) is 9.59 Å². The Hall–Kier alpha value is -2.15. The van der Waals surface area contributed by atoms with E-state index < -0.39 is 23.7 Å². The van der Waals surface area contributed by atoms with Crippen LogP contribution in [0.3, 0.4) is 0 Å². The highest BCUT2D eigenvalue weighted by atomic mass is 32.1. The lowest BCUT2D eigenvalue weighted by molar-refractivity contribution is -0.148. The molecule has 0 saturated heterocycles. The summed E-state index contributed by atoms with van der Waals surface area (Å²) < 4.78 is 0. The molecule has 3 N–H and O–H groups in total. The molecule has 6 nitrogen and oxygen atoms in total. The van der Waals surface area contributed by atoms with Gasteiger partial charge in [-0.3, -0.25) is 25.2 Å². The fourth-order valence-electron chi connectivity index (χ4n) is 3.38. The van der Waals surface area contributed by atoms with Crippen molar-refractivity contribution in [1.29, 1.82) is 0 Å². The summed E-state index contributed by atoms with van der Waals surface area (Å²) in [6, 6.07) is 1.82. The number of nitrogens with one attached hydrogen (secondary N) is 2. The number of fused-ring (bicyclic) bond motifs is 2. The molecule has 1 fully saturated rings. The minimum atomic E-state index is -0.961. The van der Waals surface area contributed by atoms with Crippen LogP contribution in [0, 0.1) is 30.6 Å². The number of hydrogen-bond acceptors (Lipinski definition) is 4. The zero-order valence-corrected chi connectivity index (χ0v) is 12.7. The molecule has 0 radical (unpaired) electrons. The average molecular weight is 320 g/mol. The monoisotopic (exact) mass is 320 g/mol. The standard InChI is InChI=1S/C15H16N2O4S/c1-7-4-5-22-12(7)14(19)17-16-13(18)10-8-2-3-9(6-8)11(10)15(20)21/h2-5,8-11H,6H2,1H3,(H,16,18)(H,17,19)(H,20,21)/t8-,9-,10-,11+/m0/s1. The van der Waals surface area contributed by atoms with Crippen molar-refractivity contribution >= 4 is 29.1 Å². The average Bonchev–Trinajstić information content (AvgIpc) is 3.18. The number of carbonyl (C=O) groups is 3. The van der Waals surface area contributed by atoms with Crippen LogP contribution in [0.4, 0.5) is 0 Å². The predicted molar refractivity (Wildman–Crippen MR) is 80.0 cm³/mol. The maximum Gasteiger partial charge on any atom is 0.307 e. The smallest absolute Gasteiger partial charge is 0.307 e. The van der Waals surface area contributed by atoms with E-state index in [0.29, 0.717) is 11.3 Å². The first-order valence-corrected chi connectivity index (χ1v) is 7.92. The first-order chi connectivity index (χ1) is 10.5. The van der Waals surface area contributed by atoms with Gasteiger partial charge in [0.25, 0.3) is 5.91 Å². The number of amides is 2. The van der Waals surface area contributed by atoms with Crippen LogP contribution in [0.2, 0.25) is 0 Å². The number of thiophene rings is 1. The minimum absolute atomic E-state index is 0.0634. The van der Waals surface area contributed by atoms with Crippen LogP contribution < -0.4 is 10.9 Å². The van der Waals surface area contributed by atoms with Gasteiger partial charge in [-0.15, -0.1) is 11.3 Å². The molecule has 0 aliphatic heterocycles. The van der Waals surface area contributed by atoms with E-state index >= 15 is 0 Å². The Bertz CT molecular complexity index is 666. The molecule has 1 aromatic heterocycles. The Kier molecular flexibility index (Phi) is 3.74. The summed E-state index contributed by atoms with van der Waals surface area (Å²) in [5, 5.41) is 11.1. The molecular weight excluding hydrogens is 304 g/mol. The summed E-state index contributed by atoms with van der Waals surface area (Å²) in [6.45, 7) is 1.81. The maximum absolute atomic E-state index is 12.3. The number of carbonyl (C=O) groups excluding carboxylic acids is 2. The topological polar surface area (TPSA) is 95.5 Å². The fraction of sp³-hybridized carbons (Fsp3) is 0.400. The summed E-state index contributed by atoms with van der Waals surface area (Å²) in [4.78, 5) is 36.2. The number of hydrazine groups is 1. The van der Waals surface area contributed by atoms with E-state index in [1.807, 2.05) is 25.1 Å². The molecule has 1 aromatic rings. The minimum Gasteiger partial charge on any atom is -0.481 e. The molecule has 0 unspecified atom stereocenters. The summed E-state index contributed by atoms with van der Waals surface area (Å²) in [7, 11) is 0. The summed E-state index contributed by atoms with van der Waals surface area (Å²) >= 11 is 1.29. The maximum atomic E-state index is 12.3. The fourth-order valence-corrected chi connectivity index (χ4v) is 4.20. The van der Waals surface area contributed by atoms with Crippen molar-refractivity contribution in [1.82, 2.24) is 10.9 Å². The Morgan fingerprint density at radius 3 is 2.45 bits per heavy atom. The number of allylic oxidation sites excluding steroid dienone is 2. The van der Waals surface area contributed by atoms with E-state index in [1.165, 1.54) is 11.3 Å². The lowest BCUT2D eigenvalue weighted by atomic mass is 9.82. The van der Waals surface area contributed by atoms with Gasteiger partial charge in [0.05, 0.1) is 16.7 Å². The molecule has 22 heavy (non-hydrogen) atoms. The van der Waals surface area contributed by atoms with Crippen LogP contribution >= 0.6 is 11.3 Å². The van der Waals surface area contributed by atoms with Gasteiger partial charge in [-0.25, -0.2) is 0 Å². The first kappa shape index (κ1) is 14.8. The van der Waals surface area contributed by atoms with Gasteiger partial charge in [-0.1, -0.05) is 12.2 Å². The van der Waals surface area contributed by atoms with Gasteiger partial charge in [0.15, 0.2) is 0 Å². The summed E-state index contributed by atoms with van der Waals surface area (Å²) in [5.41, 5.74) is 5.59. The van der Waals surface area contributed by atoms with Crippen LogP contribution in [0.25, 0.3) is 0 Å². The molecule has 0 aromatic carbocycles. The van der Waals surface area contributed by atoms with E-state index in [1.54, 1.807) is 5.38 Å². The SMILES string of the molecule is Cc1ccsc1C(=O)NNC(=O)[C@@H]1[C@H](C(=O)O)[C@H]2C=C[C@H]1C2. The Morgan fingerprint density at radius 1 is 1.18 bits per heavy atom. The number of carboxylic acids is 1. The lowest BCUT2D eigenvalue weighted by Crippen LogP contribution is -2.48. The zero-order chi connectivity index (χ0) is 15.9. The lowest BCUT2D eigenvalue weighted by Gasteiger charge is -2.23. The molecule has 0 spiro atoms. The number of aliphatic carboxylic acids is 1. The van der Waals surface area contributed by atoms with Gasteiger partial charge in [-0.2, -0.15) is 0 Å². The van der Waals surface area contributed by atoms with Gasteiger partial charge >= 0.3 is 5.97 Å². The highest BCUT2D eigenvalue weighted by Crippen LogP contribution is 2.48. The summed E-state index contributed by atoms with van der Waals surface area (Å²) in [5.74, 6) is -3.27. The van der Waals surface area contributed by atoms with Crippen molar-refractivity contribution in [2.45, 2.75) is 13.3 Å². The third-order valence-electron chi connectivity index (χ3n) is 4.41. The molecule has 3 rings (SSSR count). The number of carboxylic acid groups (broad SMARTS) is 1. The van der Waals surface area contributed by atoms with E-state index in [0.717, 1.165) is 5.56 Å². The molecule has 4 atom stereocenters. The van der Waals surface area contributed by atoms with E-state index in [-0.39, 0.29) is 17.7 Å². The van der Waals surface area contributed by atoms with Crippen molar-refractivity contribution in [3.63, 3.8) is 0 Å². The normalized spacial score (nSPS) is 28.6. The first-order valence-electron chi connectivity index (χ1n) is 7.04. The Balaban J connectivity index is 1.65. The van der Waals surface area contributed by atoms with E-state index in [9.17, 15) is 19.5 Å². The second-order valence-corrected chi connectivity index (χ2v) is 6.63. The number of aryl methyl sites for hydroxylation is 1. The van der Waals surface area contributed by atoms with Crippen LogP contribution in [-0.4, -0.2) is 22.9 Å². The zero-order valence-electron chi connectivity index (χ0n) is 11.9. The van der Waals surface area contributed by atoms with Gasteiger partial charge in [0.2, 0.25) is 5.91 Å². The van der Waals surface area contributed by atoms with Crippen molar-refractivity contribution in [3.8, 4) is 0 Å². The van der Waals surface area contributed by atoms with Crippen molar-refractivity contribution in [2.75, 3.05) is 0 Å². The van der Waals surface area contributed by atoms with Crippen LogP contribution in [0.1, 0.15) is 21.7 Å². The Labute approximate surface area is 131 Å². The number of rotatable bonds is 3. The molecule has 7 heteroatoms. The van der Waals surface area contributed by atoms with Gasteiger partial charge in [0.1, 0.15) is 0 Å². The highest BCUT2D eigenvalue weighted by Gasteiger charge is 2.51. The molecule has 2 bridgehead atoms. The largest absolute Gasteiger partial charge is 0.481 e. The third-order valence-corrected chi connectivity index (χ3v) is 5.43. The second-order valence-electron chi connectivity index (χ2n) is 5.71. The van der Waals surface area contributed by atoms with Crippen LogP contribution in [0.15, 0.2) is 23.6 Å². The van der Waals surface area contributed by atoms with Crippen molar-refractivity contribution < 1.29 is 19.5 Å². The second kappa shape index (κ2) is 5.57. The molecule has 116 valence electrons. The van der Waals surface area contributed by atoms with Crippen LogP contribution in [0.5, 0.6) is 0 Å². The summed E-state index contributed by atoms with van der Waals surface area (Å²) in [6.07, 6.45) is 4.47. The molecule has 1 heterocycles. The molecule has 2 amide bonds. The van der Waals surface area contributed by atoms with Crippen molar-refractivity contribution in [3.05, 3.63) is 34.0 Å². The third kappa shape index (κ3) is 2.41. The number of hydrogen-bond donors (Lipinski definition) is 3. The van der Waals surface area contributed by atoms with E-state index in [4.69, 9.17) is 0 Å². The molecular formula is C15H16N2O4S. The van der Waals surface area contributed by atoms with Crippen molar-refractivity contribution in [2.24, 2.45) is 23.7 Å². The van der Waals surface area contributed by atoms with E-state index in [2.05, 4.69) is 10.9 Å². The van der Waals surface area contributed by atoms with Gasteiger partial charge in [-0.05, 0) is 42.2 Å². The van der Waals surface area contributed by atoms with Gasteiger partial charge in [0, 0.05) is 0 Å².